The van der Waals surface area contributed by atoms with Crippen LogP contribution in [-0.4, -0.2) is 59.7 Å². The first kappa shape index (κ1) is 25.5. The van der Waals surface area contributed by atoms with Crippen LogP contribution in [0.25, 0.3) is 0 Å². The van der Waals surface area contributed by atoms with E-state index >= 15 is 0 Å². The smallest absolute Gasteiger partial charge is 0.410 e. The number of carbonyl (C=O) groups is 3. The molecular weight excluding hydrogens is 458 g/mol. The fourth-order valence-electron chi connectivity index (χ4n) is 4.41. The minimum absolute atomic E-state index is 0.0967. The highest BCUT2D eigenvalue weighted by Crippen LogP contribution is 2.30. The summed E-state index contributed by atoms with van der Waals surface area (Å²) < 4.78 is 10.8. The predicted octanol–water partition coefficient (Wildman–Crippen LogP) is 5.01. The second kappa shape index (κ2) is 11.0. The van der Waals surface area contributed by atoms with Gasteiger partial charge in [0.2, 0.25) is 5.91 Å². The SMILES string of the molecule is CC(C)(C)OC(=O)N1CCC(c2ccc(NC(=O)C3CN(C(=O)OCc4ccccc4)C3)cc2)CC1. The third kappa shape index (κ3) is 6.77. The molecule has 2 heterocycles. The highest BCUT2D eigenvalue weighted by molar-refractivity contribution is 5.94. The van der Waals surface area contributed by atoms with Gasteiger partial charge in [0, 0.05) is 31.9 Å². The molecule has 0 unspecified atom stereocenters. The molecule has 0 spiro atoms. The Morgan fingerprint density at radius 2 is 1.53 bits per heavy atom. The minimum atomic E-state index is -0.488. The second-order valence-electron chi connectivity index (χ2n) is 10.5. The summed E-state index contributed by atoms with van der Waals surface area (Å²) in [4.78, 5) is 40.4. The molecule has 0 aliphatic carbocycles. The number of nitrogens with zero attached hydrogens (tertiary/aromatic N) is 2. The Labute approximate surface area is 212 Å². The van der Waals surface area contributed by atoms with Gasteiger partial charge in [0.15, 0.2) is 0 Å². The number of hydrogen-bond acceptors (Lipinski definition) is 5. The van der Waals surface area contributed by atoms with E-state index in [1.807, 2.05) is 75.4 Å². The van der Waals surface area contributed by atoms with Crippen molar-refractivity contribution in [2.75, 3.05) is 31.5 Å². The van der Waals surface area contributed by atoms with E-state index in [9.17, 15) is 14.4 Å². The van der Waals surface area contributed by atoms with Crippen LogP contribution in [0.1, 0.15) is 50.7 Å². The highest BCUT2D eigenvalue weighted by Gasteiger charge is 2.36. The van der Waals surface area contributed by atoms with Crippen molar-refractivity contribution in [3.05, 3.63) is 65.7 Å². The lowest BCUT2D eigenvalue weighted by molar-refractivity contribution is -0.124. The first-order valence-electron chi connectivity index (χ1n) is 12.5. The van der Waals surface area contributed by atoms with Crippen molar-refractivity contribution in [1.82, 2.24) is 9.80 Å². The Morgan fingerprint density at radius 3 is 2.14 bits per heavy atom. The van der Waals surface area contributed by atoms with E-state index in [4.69, 9.17) is 9.47 Å². The maximum absolute atomic E-state index is 12.6. The molecule has 2 aromatic rings. The summed E-state index contributed by atoms with van der Waals surface area (Å²) in [6.45, 7) is 7.90. The van der Waals surface area contributed by atoms with Crippen LogP contribution in [0.3, 0.4) is 0 Å². The number of amides is 3. The lowest BCUT2D eigenvalue weighted by Gasteiger charge is -2.37. The molecule has 1 N–H and O–H groups in total. The van der Waals surface area contributed by atoms with E-state index in [-0.39, 0.29) is 24.5 Å². The Balaban J connectivity index is 1.18. The molecular formula is C28H35N3O5. The summed E-state index contributed by atoms with van der Waals surface area (Å²) in [5, 5.41) is 2.95. The summed E-state index contributed by atoms with van der Waals surface area (Å²) >= 11 is 0. The molecule has 2 saturated heterocycles. The topological polar surface area (TPSA) is 88.2 Å². The van der Waals surface area contributed by atoms with E-state index in [1.165, 1.54) is 5.56 Å². The molecule has 0 aromatic heterocycles. The van der Waals surface area contributed by atoms with Gasteiger partial charge in [0.1, 0.15) is 12.2 Å². The van der Waals surface area contributed by atoms with Gasteiger partial charge in [0.25, 0.3) is 0 Å². The molecule has 192 valence electrons. The number of likely N-dealkylation sites (tertiary alicyclic amines) is 2. The Morgan fingerprint density at radius 1 is 0.889 bits per heavy atom. The van der Waals surface area contributed by atoms with Crippen LogP contribution in [0, 0.1) is 5.92 Å². The van der Waals surface area contributed by atoms with Crippen LogP contribution in [0.4, 0.5) is 15.3 Å². The van der Waals surface area contributed by atoms with Crippen LogP contribution in [0.2, 0.25) is 0 Å². The minimum Gasteiger partial charge on any atom is -0.445 e. The maximum atomic E-state index is 12.6. The molecule has 0 saturated carbocycles. The van der Waals surface area contributed by atoms with Crippen LogP contribution in [0.15, 0.2) is 54.6 Å². The second-order valence-corrected chi connectivity index (χ2v) is 10.5. The third-order valence-corrected chi connectivity index (χ3v) is 6.51. The summed E-state index contributed by atoms with van der Waals surface area (Å²) in [6.07, 6.45) is 1.11. The van der Waals surface area contributed by atoms with Crippen molar-refractivity contribution in [2.24, 2.45) is 5.92 Å². The van der Waals surface area contributed by atoms with Crippen LogP contribution >= 0.6 is 0 Å². The van der Waals surface area contributed by atoms with E-state index in [0.717, 1.165) is 24.1 Å². The number of piperidine rings is 1. The van der Waals surface area contributed by atoms with Gasteiger partial charge < -0.3 is 24.6 Å². The van der Waals surface area contributed by atoms with Crippen molar-refractivity contribution in [3.63, 3.8) is 0 Å². The molecule has 8 nitrogen and oxygen atoms in total. The number of rotatable bonds is 5. The van der Waals surface area contributed by atoms with Gasteiger partial charge >= 0.3 is 12.2 Å². The zero-order valence-electron chi connectivity index (χ0n) is 21.2. The van der Waals surface area contributed by atoms with Crippen molar-refractivity contribution in [2.45, 2.75) is 51.7 Å². The molecule has 36 heavy (non-hydrogen) atoms. The van der Waals surface area contributed by atoms with E-state index in [2.05, 4.69) is 5.32 Å². The van der Waals surface area contributed by atoms with Gasteiger partial charge in [-0.05, 0) is 62.8 Å². The molecule has 2 aromatic carbocycles. The lowest BCUT2D eigenvalue weighted by Crippen LogP contribution is -2.54. The number of carbonyl (C=O) groups excluding carboxylic acids is 3. The number of anilines is 1. The van der Waals surface area contributed by atoms with E-state index in [0.29, 0.717) is 32.1 Å². The molecule has 0 atom stereocenters. The van der Waals surface area contributed by atoms with Crippen LogP contribution < -0.4 is 5.32 Å². The normalized spacial score (nSPS) is 16.8. The first-order chi connectivity index (χ1) is 17.2. The van der Waals surface area contributed by atoms with Gasteiger partial charge in [-0.3, -0.25) is 4.79 Å². The van der Waals surface area contributed by atoms with Crippen molar-refractivity contribution in [1.29, 1.82) is 0 Å². The van der Waals surface area contributed by atoms with Gasteiger partial charge in [-0.2, -0.15) is 0 Å². The van der Waals surface area contributed by atoms with E-state index < -0.39 is 11.7 Å². The third-order valence-electron chi connectivity index (χ3n) is 6.51. The van der Waals surface area contributed by atoms with Gasteiger partial charge in [0.05, 0.1) is 5.92 Å². The number of benzene rings is 2. The fourth-order valence-corrected chi connectivity index (χ4v) is 4.41. The maximum Gasteiger partial charge on any atom is 0.410 e. The fraction of sp³-hybridized carbons (Fsp3) is 0.464. The number of hydrogen-bond donors (Lipinski definition) is 1. The van der Waals surface area contributed by atoms with Crippen LogP contribution in [-0.2, 0) is 20.9 Å². The molecule has 2 fully saturated rings. The molecule has 8 heteroatoms. The van der Waals surface area contributed by atoms with Crippen molar-refractivity contribution < 1.29 is 23.9 Å². The summed E-state index contributed by atoms with van der Waals surface area (Å²) in [5.41, 5.74) is 2.38. The van der Waals surface area contributed by atoms with Gasteiger partial charge in [-0.15, -0.1) is 0 Å². The Hall–Kier alpha value is -3.55. The lowest BCUT2D eigenvalue weighted by atomic mass is 9.89. The monoisotopic (exact) mass is 493 g/mol. The summed E-state index contributed by atoms with van der Waals surface area (Å²) in [6, 6.07) is 17.4. The highest BCUT2D eigenvalue weighted by atomic mass is 16.6. The number of nitrogens with one attached hydrogen (secondary N) is 1. The standard InChI is InChI=1S/C28H35N3O5/c1-28(2,3)36-27(34)30-15-13-22(14-16-30)21-9-11-24(12-10-21)29-25(32)23-17-31(18-23)26(33)35-19-20-7-5-4-6-8-20/h4-12,22-23H,13-19H2,1-3H3,(H,29,32). The molecule has 3 amide bonds. The molecule has 2 aliphatic heterocycles. The zero-order chi connectivity index (χ0) is 25.7. The molecule has 2 aliphatic rings. The average molecular weight is 494 g/mol. The molecule has 4 rings (SSSR count). The van der Waals surface area contributed by atoms with Crippen LogP contribution in [0.5, 0.6) is 0 Å². The van der Waals surface area contributed by atoms with E-state index in [1.54, 1.807) is 9.80 Å². The Kier molecular flexibility index (Phi) is 7.82. The molecule has 0 radical (unpaired) electrons. The quantitative estimate of drug-likeness (QED) is 0.633. The van der Waals surface area contributed by atoms with Crippen molar-refractivity contribution in [3.8, 4) is 0 Å². The summed E-state index contributed by atoms with van der Waals surface area (Å²) in [5.74, 6) is 0.0298. The average Bonchev–Trinajstić information content (AvgIpc) is 2.82. The largest absolute Gasteiger partial charge is 0.445 e. The molecule has 0 bridgehead atoms. The van der Waals surface area contributed by atoms with Gasteiger partial charge in [-0.1, -0.05) is 42.5 Å². The number of ether oxygens (including phenoxy) is 2. The summed E-state index contributed by atoms with van der Waals surface area (Å²) in [7, 11) is 0. The van der Waals surface area contributed by atoms with Crippen molar-refractivity contribution >= 4 is 23.8 Å². The first-order valence-corrected chi connectivity index (χ1v) is 12.5. The zero-order valence-corrected chi connectivity index (χ0v) is 21.2. The Bertz CT molecular complexity index is 1050. The van der Waals surface area contributed by atoms with Gasteiger partial charge in [-0.25, -0.2) is 9.59 Å². The predicted molar refractivity (Wildman–Crippen MR) is 137 cm³/mol.